The van der Waals surface area contributed by atoms with Crippen molar-refractivity contribution in [1.82, 2.24) is 9.97 Å². The van der Waals surface area contributed by atoms with E-state index in [0.29, 0.717) is 41.5 Å². The number of pyridine rings is 2. The predicted molar refractivity (Wildman–Crippen MR) is 96.2 cm³/mol. The Morgan fingerprint density at radius 2 is 2.16 bits per heavy atom. The Bertz CT molecular complexity index is 819. The lowest BCUT2D eigenvalue weighted by molar-refractivity contribution is -0.117. The van der Waals surface area contributed by atoms with Crippen LogP contribution in [-0.4, -0.2) is 34.2 Å². The normalized spacial score (nSPS) is 14.2. The van der Waals surface area contributed by atoms with E-state index < -0.39 is 0 Å². The number of nitrogen functional groups attached to an aromatic ring is 1. The van der Waals surface area contributed by atoms with Crippen molar-refractivity contribution in [2.75, 3.05) is 17.2 Å². The fourth-order valence-electron chi connectivity index (χ4n) is 2.74. The molecule has 130 valence electrons. The number of carbonyl (C=O) groups excluding carboxylic acids is 1. The molecule has 0 spiro atoms. The molecule has 0 aromatic carbocycles. The molecule has 0 saturated carbocycles. The van der Waals surface area contributed by atoms with Crippen LogP contribution in [0.1, 0.15) is 37.8 Å². The van der Waals surface area contributed by atoms with Crippen molar-refractivity contribution in [1.29, 1.82) is 5.41 Å². The summed E-state index contributed by atoms with van der Waals surface area (Å²) in [6.07, 6.45) is 4.44. The summed E-state index contributed by atoms with van der Waals surface area (Å²) in [5, 5.41) is 8.51. The van der Waals surface area contributed by atoms with E-state index in [-0.39, 0.29) is 17.7 Å². The smallest absolute Gasteiger partial charge is 0.228 e. The standard InChI is InChI=1S/C18H21N5O2/c1-11(2)25-16-9-13(14(19)10-22-16)18(20)12-5-6-21-15(8-12)23-7-3-4-17(23)24/h5-6,8-11,20H,3-4,7,19H2,1-2H3. The summed E-state index contributed by atoms with van der Waals surface area (Å²) < 4.78 is 5.59. The third-order valence-corrected chi connectivity index (χ3v) is 3.92. The van der Waals surface area contributed by atoms with Gasteiger partial charge in [0.1, 0.15) is 5.82 Å². The van der Waals surface area contributed by atoms with Gasteiger partial charge in [0.25, 0.3) is 0 Å². The molecule has 7 heteroatoms. The van der Waals surface area contributed by atoms with E-state index in [9.17, 15) is 4.79 Å². The number of amides is 1. The highest BCUT2D eigenvalue weighted by Crippen LogP contribution is 2.24. The van der Waals surface area contributed by atoms with Gasteiger partial charge in [-0.3, -0.25) is 15.1 Å². The zero-order valence-corrected chi connectivity index (χ0v) is 14.3. The molecule has 1 amide bonds. The molecular weight excluding hydrogens is 318 g/mol. The second-order valence-electron chi connectivity index (χ2n) is 6.20. The molecule has 3 heterocycles. The molecule has 0 unspecified atom stereocenters. The predicted octanol–water partition coefficient (Wildman–Crippen LogP) is 2.39. The third kappa shape index (κ3) is 3.60. The van der Waals surface area contributed by atoms with E-state index in [0.717, 1.165) is 6.42 Å². The van der Waals surface area contributed by atoms with Crippen LogP contribution in [0.4, 0.5) is 11.5 Å². The number of anilines is 2. The number of hydrogen-bond acceptors (Lipinski definition) is 6. The quantitative estimate of drug-likeness (QED) is 0.814. The van der Waals surface area contributed by atoms with Crippen molar-refractivity contribution < 1.29 is 9.53 Å². The maximum atomic E-state index is 11.9. The summed E-state index contributed by atoms with van der Waals surface area (Å²) in [5.74, 6) is 1.05. The van der Waals surface area contributed by atoms with Gasteiger partial charge in [0.05, 0.1) is 23.7 Å². The molecule has 2 aromatic rings. The van der Waals surface area contributed by atoms with Gasteiger partial charge >= 0.3 is 0 Å². The van der Waals surface area contributed by atoms with Crippen molar-refractivity contribution in [3.05, 3.63) is 41.7 Å². The average molecular weight is 339 g/mol. The molecule has 0 radical (unpaired) electrons. The molecular formula is C18H21N5O2. The van der Waals surface area contributed by atoms with Gasteiger partial charge in [-0.1, -0.05) is 0 Å². The zero-order valence-electron chi connectivity index (χ0n) is 14.3. The van der Waals surface area contributed by atoms with E-state index >= 15 is 0 Å². The number of nitrogens with one attached hydrogen (secondary N) is 1. The fourth-order valence-corrected chi connectivity index (χ4v) is 2.74. The number of carbonyl (C=O) groups is 1. The summed E-state index contributed by atoms with van der Waals surface area (Å²) in [6.45, 7) is 4.48. The van der Waals surface area contributed by atoms with Crippen LogP contribution in [0.25, 0.3) is 0 Å². The van der Waals surface area contributed by atoms with Crippen LogP contribution in [-0.2, 0) is 4.79 Å². The molecule has 3 N–H and O–H groups in total. The first kappa shape index (κ1) is 16.9. The largest absolute Gasteiger partial charge is 0.475 e. The third-order valence-electron chi connectivity index (χ3n) is 3.92. The molecule has 3 rings (SSSR count). The number of nitrogens with two attached hydrogens (primary N) is 1. The monoisotopic (exact) mass is 339 g/mol. The van der Waals surface area contributed by atoms with Gasteiger partial charge in [-0.05, 0) is 32.4 Å². The highest BCUT2D eigenvalue weighted by molar-refractivity contribution is 6.14. The molecule has 1 saturated heterocycles. The zero-order chi connectivity index (χ0) is 18.0. The van der Waals surface area contributed by atoms with Gasteiger partial charge in [0, 0.05) is 36.4 Å². The van der Waals surface area contributed by atoms with E-state index in [4.69, 9.17) is 15.9 Å². The highest BCUT2D eigenvalue weighted by atomic mass is 16.5. The number of aromatic nitrogens is 2. The van der Waals surface area contributed by atoms with Gasteiger partial charge in [-0.2, -0.15) is 0 Å². The molecule has 1 fully saturated rings. The fraction of sp³-hybridized carbons (Fsp3) is 0.333. The minimum atomic E-state index is -0.0214. The van der Waals surface area contributed by atoms with Gasteiger partial charge in [-0.25, -0.2) is 9.97 Å². The SMILES string of the molecule is CC(C)Oc1cc(C(=N)c2ccnc(N3CCCC3=O)c2)c(N)cn1. The molecule has 2 aromatic heterocycles. The summed E-state index contributed by atoms with van der Waals surface area (Å²) >= 11 is 0. The maximum absolute atomic E-state index is 11.9. The van der Waals surface area contributed by atoms with Crippen molar-refractivity contribution in [3.63, 3.8) is 0 Å². The van der Waals surface area contributed by atoms with Crippen LogP contribution in [0.2, 0.25) is 0 Å². The molecule has 1 aliphatic rings. The Morgan fingerprint density at radius 3 is 2.84 bits per heavy atom. The Morgan fingerprint density at radius 1 is 1.36 bits per heavy atom. The van der Waals surface area contributed by atoms with E-state index in [1.807, 2.05) is 13.8 Å². The first-order valence-electron chi connectivity index (χ1n) is 8.23. The average Bonchev–Trinajstić information content (AvgIpc) is 3.02. The summed E-state index contributed by atoms with van der Waals surface area (Å²) in [4.78, 5) is 22.0. The minimum Gasteiger partial charge on any atom is -0.475 e. The Kier molecular flexibility index (Phi) is 4.65. The van der Waals surface area contributed by atoms with E-state index in [1.54, 1.807) is 29.3 Å². The summed E-state index contributed by atoms with van der Waals surface area (Å²) in [5.41, 5.74) is 7.82. The molecule has 7 nitrogen and oxygen atoms in total. The van der Waals surface area contributed by atoms with Crippen LogP contribution < -0.4 is 15.4 Å². The minimum absolute atomic E-state index is 0.0214. The van der Waals surface area contributed by atoms with Gasteiger partial charge in [-0.15, -0.1) is 0 Å². The second-order valence-corrected chi connectivity index (χ2v) is 6.20. The molecule has 0 aliphatic carbocycles. The molecule has 0 bridgehead atoms. The van der Waals surface area contributed by atoms with Crippen LogP contribution in [0.3, 0.4) is 0 Å². The van der Waals surface area contributed by atoms with E-state index in [2.05, 4.69) is 9.97 Å². The second kappa shape index (κ2) is 6.88. The maximum Gasteiger partial charge on any atom is 0.228 e. The number of ether oxygens (including phenoxy) is 1. The summed E-state index contributed by atoms with van der Waals surface area (Å²) in [6, 6.07) is 5.14. The van der Waals surface area contributed by atoms with Crippen molar-refractivity contribution in [3.8, 4) is 5.88 Å². The first-order valence-corrected chi connectivity index (χ1v) is 8.23. The van der Waals surface area contributed by atoms with Crippen LogP contribution in [0.5, 0.6) is 5.88 Å². The molecule has 0 atom stereocenters. The number of hydrogen-bond donors (Lipinski definition) is 2. The van der Waals surface area contributed by atoms with Gasteiger partial charge < -0.3 is 10.5 Å². The Labute approximate surface area is 146 Å². The molecule has 1 aliphatic heterocycles. The highest BCUT2D eigenvalue weighted by Gasteiger charge is 2.23. The lowest BCUT2D eigenvalue weighted by Gasteiger charge is -2.16. The van der Waals surface area contributed by atoms with Crippen molar-refractivity contribution >= 4 is 23.1 Å². The molecule has 25 heavy (non-hydrogen) atoms. The van der Waals surface area contributed by atoms with Crippen molar-refractivity contribution in [2.24, 2.45) is 0 Å². The number of rotatable bonds is 5. The summed E-state index contributed by atoms with van der Waals surface area (Å²) in [7, 11) is 0. The lowest BCUT2D eigenvalue weighted by Crippen LogP contribution is -2.25. The Balaban J connectivity index is 1.92. The lowest BCUT2D eigenvalue weighted by atomic mass is 10.0. The topological polar surface area (TPSA) is 105 Å². The van der Waals surface area contributed by atoms with Gasteiger partial charge in [0.15, 0.2) is 0 Å². The van der Waals surface area contributed by atoms with Crippen LogP contribution in [0, 0.1) is 5.41 Å². The number of nitrogens with zero attached hydrogens (tertiary/aromatic N) is 3. The van der Waals surface area contributed by atoms with Crippen LogP contribution >= 0.6 is 0 Å². The van der Waals surface area contributed by atoms with Crippen molar-refractivity contribution in [2.45, 2.75) is 32.8 Å². The first-order chi connectivity index (χ1) is 12.0. The Hall–Kier alpha value is -2.96. The van der Waals surface area contributed by atoms with Gasteiger partial charge in [0.2, 0.25) is 11.8 Å². The van der Waals surface area contributed by atoms with E-state index in [1.165, 1.54) is 6.20 Å². The van der Waals surface area contributed by atoms with Crippen LogP contribution in [0.15, 0.2) is 30.6 Å².